The van der Waals surface area contributed by atoms with E-state index in [0.29, 0.717) is 24.5 Å². The average molecular weight is 493 g/mol. The van der Waals surface area contributed by atoms with Crippen LogP contribution in [-0.2, 0) is 11.2 Å². The van der Waals surface area contributed by atoms with Crippen LogP contribution in [0.2, 0.25) is 0 Å². The lowest BCUT2D eigenvalue weighted by molar-refractivity contribution is -0.131. The second-order valence-corrected chi connectivity index (χ2v) is 11.1. The zero-order chi connectivity index (χ0) is 24.8. The Labute approximate surface area is 214 Å². The minimum absolute atomic E-state index is 0.234. The van der Waals surface area contributed by atoms with Gasteiger partial charge >= 0.3 is 0 Å². The smallest absolute Gasteiger partial charge is 0.243 e. The van der Waals surface area contributed by atoms with Crippen LogP contribution in [0.25, 0.3) is 0 Å². The fourth-order valence-electron chi connectivity index (χ4n) is 6.80. The summed E-state index contributed by atoms with van der Waals surface area (Å²) in [5.41, 5.74) is 7.50. The van der Waals surface area contributed by atoms with E-state index in [1.807, 2.05) is 4.90 Å². The van der Waals surface area contributed by atoms with Gasteiger partial charge in [0, 0.05) is 56.7 Å². The molecule has 6 rings (SSSR count). The van der Waals surface area contributed by atoms with Crippen LogP contribution in [-0.4, -0.2) is 64.1 Å². The van der Waals surface area contributed by atoms with Gasteiger partial charge in [-0.2, -0.15) is 0 Å². The zero-order valence-electron chi connectivity index (χ0n) is 21.9. The van der Waals surface area contributed by atoms with E-state index in [4.69, 9.17) is 0 Å². The number of nitrogens with one attached hydrogen (secondary N) is 2. The minimum Gasteiger partial charge on any atom is -0.368 e. The normalized spacial score (nSPS) is 27.6. The Kier molecular flexibility index (Phi) is 6.37. The third kappa shape index (κ3) is 4.16. The number of aromatic nitrogens is 3. The first-order chi connectivity index (χ1) is 17.5. The zero-order valence-corrected chi connectivity index (χ0v) is 21.9. The van der Waals surface area contributed by atoms with Gasteiger partial charge in [0.25, 0.3) is 0 Å². The maximum absolute atomic E-state index is 13.0. The number of amides is 1. The Balaban J connectivity index is 1.06. The van der Waals surface area contributed by atoms with E-state index in [1.165, 1.54) is 42.5 Å². The number of hydrazine groups is 1. The summed E-state index contributed by atoms with van der Waals surface area (Å²) in [6, 6.07) is 6.95. The molecule has 9 nitrogen and oxygen atoms in total. The number of piperazine rings is 1. The lowest BCUT2D eigenvalue weighted by atomic mass is 9.81. The number of anilines is 2. The number of benzene rings is 1. The third-order valence-corrected chi connectivity index (χ3v) is 8.85. The number of fused-ring (bicyclic) bond motifs is 6. The van der Waals surface area contributed by atoms with Crippen LogP contribution < -0.4 is 20.7 Å². The van der Waals surface area contributed by atoms with Crippen LogP contribution in [0.1, 0.15) is 68.4 Å². The summed E-state index contributed by atoms with van der Waals surface area (Å²) in [6.45, 7) is 9.90. The number of aryl methyl sites for hydroxylation is 2. The second-order valence-electron chi connectivity index (χ2n) is 11.1. The van der Waals surface area contributed by atoms with Crippen LogP contribution >= 0.6 is 0 Å². The van der Waals surface area contributed by atoms with E-state index in [2.05, 4.69) is 74.4 Å². The minimum atomic E-state index is 0.234. The Morgan fingerprint density at radius 1 is 1.08 bits per heavy atom. The summed E-state index contributed by atoms with van der Waals surface area (Å²) < 4.78 is 2.39. The largest absolute Gasteiger partial charge is 0.368 e. The maximum Gasteiger partial charge on any atom is 0.243 e. The Morgan fingerprint density at radius 2 is 1.89 bits per heavy atom. The average Bonchev–Trinajstić information content (AvgIpc) is 3.49. The number of carbonyl (C=O) groups excluding carboxylic acids is 1. The molecule has 36 heavy (non-hydrogen) atoms. The predicted octanol–water partition coefficient (Wildman–Crippen LogP) is 2.90. The lowest BCUT2D eigenvalue weighted by Gasteiger charge is -2.44. The molecule has 4 heterocycles. The number of rotatable bonds is 5. The van der Waals surface area contributed by atoms with E-state index >= 15 is 0 Å². The summed E-state index contributed by atoms with van der Waals surface area (Å²) in [4.78, 5) is 17.5. The molecule has 2 saturated heterocycles. The molecular weight excluding hydrogens is 452 g/mol. The quantitative estimate of drug-likeness (QED) is 0.664. The molecule has 1 aliphatic carbocycles. The lowest BCUT2D eigenvalue weighted by Crippen LogP contribution is -2.53. The standard InChI is InChI=1S/C27H40N8O/c1-18-8-6-11-22(19(18)2)32-14-16-33(17-15-32)25(36)13-7-12-24-29-30-27-34(24)23-10-5-4-9-21(23)26-28-20(3)31-35(26)27/h6,8,11,20-21,23,26,28,31H,4-5,7,9-10,12-17H2,1-3H3. The molecule has 0 spiro atoms. The van der Waals surface area contributed by atoms with Gasteiger partial charge in [-0.15, -0.1) is 10.2 Å². The van der Waals surface area contributed by atoms with E-state index in [1.54, 1.807) is 0 Å². The topological polar surface area (TPSA) is 81.6 Å². The number of hydrogen-bond donors (Lipinski definition) is 2. The second kappa shape index (κ2) is 9.67. The van der Waals surface area contributed by atoms with Crippen LogP contribution in [0.15, 0.2) is 18.2 Å². The molecule has 1 amide bonds. The molecule has 4 aliphatic rings. The predicted molar refractivity (Wildman–Crippen MR) is 141 cm³/mol. The molecule has 0 bridgehead atoms. The molecule has 4 unspecified atom stereocenters. The Morgan fingerprint density at radius 3 is 2.72 bits per heavy atom. The van der Waals surface area contributed by atoms with Gasteiger partial charge in [0.2, 0.25) is 11.9 Å². The van der Waals surface area contributed by atoms with Crippen molar-refractivity contribution in [3.8, 4) is 0 Å². The van der Waals surface area contributed by atoms with Crippen molar-refractivity contribution < 1.29 is 4.79 Å². The number of nitrogens with zero attached hydrogens (tertiary/aromatic N) is 6. The highest BCUT2D eigenvalue weighted by molar-refractivity contribution is 5.76. The van der Waals surface area contributed by atoms with Crippen molar-refractivity contribution in [2.24, 2.45) is 5.92 Å². The van der Waals surface area contributed by atoms with Crippen molar-refractivity contribution in [1.29, 1.82) is 0 Å². The highest BCUT2D eigenvalue weighted by atomic mass is 16.2. The molecular formula is C27H40N8O. The Hall–Kier alpha value is -2.65. The summed E-state index contributed by atoms with van der Waals surface area (Å²) in [5.74, 6) is 2.80. The van der Waals surface area contributed by atoms with E-state index < -0.39 is 0 Å². The Bertz CT molecular complexity index is 1110. The monoisotopic (exact) mass is 492 g/mol. The molecule has 1 aromatic heterocycles. The molecule has 194 valence electrons. The van der Waals surface area contributed by atoms with Crippen LogP contribution in [0.5, 0.6) is 0 Å². The van der Waals surface area contributed by atoms with Gasteiger partial charge in [-0.05, 0) is 57.2 Å². The molecule has 2 aromatic rings. The van der Waals surface area contributed by atoms with Gasteiger partial charge in [-0.1, -0.05) is 25.0 Å². The molecule has 1 saturated carbocycles. The maximum atomic E-state index is 13.0. The van der Waals surface area contributed by atoms with E-state index in [0.717, 1.165) is 50.8 Å². The summed E-state index contributed by atoms with van der Waals surface area (Å²) in [6.07, 6.45) is 7.69. The van der Waals surface area contributed by atoms with Gasteiger partial charge < -0.3 is 9.80 Å². The summed E-state index contributed by atoms with van der Waals surface area (Å²) >= 11 is 0. The van der Waals surface area contributed by atoms with E-state index in [-0.39, 0.29) is 12.1 Å². The van der Waals surface area contributed by atoms with E-state index in [9.17, 15) is 4.79 Å². The third-order valence-electron chi connectivity index (χ3n) is 8.85. The van der Waals surface area contributed by atoms with Crippen molar-refractivity contribution in [2.45, 2.75) is 84.1 Å². The number of carbonyl (C=O) groups is 1. The molecule has 1 aromatic carbocycles. The van der Waals surface area contributed by atoms with Crippen LogP contribution in [0.4, 0.5) is 11.6 Å². The first-order valence-electron chi connectivity index (χ1n) is 13.9. The SMILES string of the molecule is Cc1cccc(N2CCN(C(=O)CCCc3nnc4n3C3CCCCC3C3NC(C)NN43)CC2)c1C. The van der Waals surface area contributed by atoms with Gasteiger partial charge in [0.1, 0.15) is 12.0 Å². The van der Waals surface area contributed by atoms with Gasteiger partial charge in [0.15, 0.2) is 0 Å². The first kappa shape index (κ1) is 23.7. The van der Waals surface area contributed by atoms with Crippen molar-refractivity contribution in [3.05, 3.63) is 35.2 Å². The van der Waals surface area contributed by atoms with Gasteiger partial charge in [-0.3, -0.25) is 19.7 Å². The van der Waals surface area contributed by atoms with Gasteiger partial charge in [-0.25, -0.2) is 5.43 Å². The molecule has 9 heteroatoms. The highest BCUT2D eigenvalue weighted by Crippen LogP contribution is 2.44. The molecule has 0 radical (unpaired) electrons. The first-order valence-corrected chi connectivity index (χ1v) is 13.9. The van der Waals surface area contributed by atoms with Crippen LogP contribution in [0, 0.1) is 19.8 Å². The van der Waals surface area contributed by atoms with Crippen molar-refractivity contribution >= 4 is 17.5 Å². The fraction of sp³-hybridized carbons (Fsp3) is 0.667. The van der Waals surface area contributed by atoms with Gasteiger partial charge in [0.05, 0.1) is 6.17 Å². The number of hydrogen-bond acceptors (Lipinski definition) is 7. The summed E-state index contributed by atoms with van der Waals surface area (Å²) in [5, 5.41) is 15.1. The fourth-order valence-corrected chi connectivity index (χ4v) is 6.80. The highest BCUT2D eigenvalue weighted by Gasteiger charge is 2.47. The molecule has 4 atom stereocenters. The molecule has 2 N–H and O–H groups in total. The van der Waals surface area contributed by atoms with Crippen molar-refractivity contribution in [1.82, 2.24) is 30.4 Å². The molecule has 3 fully saturated rings. The van der Waals surface area contributed by atoms with Crippen LogP contribution in [0.3, 0.4) is 0 Å². The van der Waals surface area contributed by atoms with Crippen molar-refractivity contribution in [3.63, 3.8) is 0 Å². The summed E-state index contributed by atoms with van der Waals surface area (Å²) in [7, 11) is 0. The van der Waals surface area contributed by atoms with Crippen molar-refractivity contribution in [2.75, 3.05) is 36.1 Å². The molecule has 3 aliphatic heterocycles.